The first-order valence-corrected chi connectivity index (χ1v) is 8.34. The van der Waals surface area contributed by atoms with E-state index in [9.17, 15) is 4.79 Å². The number of hydrogen-bond donors (Lipinski definition) is 0. The van der Waals surface area contributed by atoms with Gasteiger partial charge in [0, 0.05) is 24.8 Å². The highest BCUT2D eigenvalue weighted by Gasteiger charge is 2.24. The molecule has 0 aliphatic heterocycles. The number of amides is 1. The molecule has 0 heterocycles. The van der Waals surface area contributed by atoms with Gasteiger partial charge < -0.3 is 4.90 Å². The lowest BCUT2D eigenvalue weighted by atomic mass is 9.80. The van der Waals surface area contributed by atoms with Crippen molar-refractivity contribution >= 4 is 21.8 Å². The summed E-state index contributed by atoms with van der Waals surface area (Å²) in [6, 6.07) is 10.2. The minimum atomic E-state index is 0.169. The number of alkyl halides is 1. The maximum Gasteiger partial charge on any atom is 0.223 e. The summed E-state index contributed by atoms with van der Waals surface area (Å²) in [5, 5.41) is 0.815. The third-order valence-electron chi connectivity index (χ3n) is 3.88. The van der Waals surface area contributed by atoms with Crippen LogP contribution in [0.1, 0.15) is 39.7 Å². The Bertz CT molecular complexity index is 411. The molecule has 0 fully saturated rings. The Morgan fingerprint density at radius 1 is 1.25 bits per heavy atom. The van der Waals surface area contributed by atoms with Crippen LogP contribution < -0.4 is 0 Å². The molecular formula is C17H26BrNO. The van der Waals surface area contributed by atoms with E-state index in [0.29, 0.717) is 18.9 Å². The molecule has 1 atom stereocenters. The third kappa shape index (κ3) is 5.66. The molecule has 20 heavy (non-hydrogen) atoms. The molecule has 3 heteroatoms. The molecule has 1 rings (SSSR count). The third-order valence-corrected chi connectivity index (χ3v) is 4.24. The Labute approximate surface area is 131 Å². The van der Waals surface area contributed by atoms with Crippen molar-refractivity contribution in [2.24, 2.45) is 11.3 Å². The second-order valence-electron chi connectivity index (χ2n) is 6.46. The quantitative estimate of drug-likeness (QED) is 0.699. The summed E-state index contributed by atoms with van der Waals surface area (Å²) in [5.41, 5.74) is 1.35. The normalized spacial score (nSPS) is 13.1. The molecule has 1 aromatic carbocycles. The van der Waals surface area contributed by atoms with Crippen molar-refractivity contribution < 1.29 is 4.79 Å². The lowest BCUT2D eigenvalue weighted by Crippen LogP contribution is -2.35. The fourth-order valence-electron chi connectivity index (χ4n) is 1.89. The molecular weight excluding hydrogens is 314 g/mol. The van der Waals surface area contributed by atoms with Gasteiger partial charge >= 0.3 is 0 Å². The van der Waals surface area contributed by atoms with E-state index >= 15 is 0 Å². The molecule has 0 aromatic heterocycles. The molecule has 0 saturated heterocycles. The molecule has 0 N–H and O–H groups in total. The Kier molecular flexibility index (Phi) is 6.74. The van der Waals surface area contributed by atoms with Gasteiger partial charge in [0.2, 0.25) is 5.91 Å². The molecule has 0 radical (unpaired) electrons. The smallest absolute Gasteiger partial charge is 0.223 e. The second kappa shape index (κ2) is 7.82. The van der Waals surface area contributed by atoms with Crippen molar-refractivity contribution in [1.29, 1.82) is 0 Å². The van der Waals surface area contributed by atoms with Gasteiger partial charge in [-0.1, -0.05) is 74.0 Å². The number of benzene rings is 1. The lowest BCUT2D eigenvalue weighted by molar-refractivity contribution is -0.133. The molecule has 0 aliphatic carbocycles. The van der Waals surface area contributed by atoms with E-state index in [-0.39, 0.29) is 11.3 Å². The maximum atomic E-state index is 12.5. The molecule has 0 aliphatic rings. The van der Waals surface area contributed by atoms with Gasteiger partial charge in [-0.2, -0.15) is 0 Å². The minimum absolute atomic E-state index is 0.169. The molecule has 0 bridgehead atoms. The highest BCUT2D eigenvalue weighted by molar-refractivity contribution is 9.09. The molecule has 1 unspecified atom stereocenters. The Morgan fingerprint density at radius 3 is 2.35 bits per heavy atom. The van der Waals surface area contributed by atoms with Gasteiger partial charge in [-0.15, -0.1) is 0 Å². The van der Waals surface area contributed by atoms with Crippen LogP contribution in [0.4, 0.5) is 0 Å². The maximum absolute atomic E-state index is 12.5. The van der Waals surface area contributed by atoms with Gasteiger partial charge in [0.1, 0.15) is 0 Å². The van der Waals surface area contributed by atoms with Crippen LogP contribution in [-0.4, -0.2) is 22.7 Å². The van der Waals surface area contributed by atoms with E-state index < -0.39 is 0 Å². The van der Waals surface area contributed by atoms with Crippen LogP contribution in [0.5, 0.6) is 0 Å². The van der Waals surface area contributed by atoms with E-state index in [1.807, 2.05) is 23.1 Å². The fraction of sp³-hybridized carbons (Fsp3) is 0.588. The van der Waals surface area contributed by atoms with Crippen LogP contribution in [0.2, 0.25) is 0 Å². The van der Waals surface area contributed by atoms with Gasteiger partial charge in [0.05, 0.1) is 0 Å². The number of nitrogens with zero attached hydrogens (tertiary/aromatic N) is 1. The first-order valence-electron chi connectivity index (χ1n) is 7.22. The zero-order valence-electron chi connectivity index (χ0n) is 13.0. The van der Waals surface area contributed by atoms with Gasteiger partial charge in [-0.3, -0.25) is 4.79 Å². The number of carbonyl (C=O) groups excluding carboxylic acids is 1. The van der Waals surface area contributed by atoms with Crippen molar-refractivity contribution in [3.05, 3.63) is 35.9 Å². The van der Waals surface area contributed by atoms with Crippen molar-refractivity contribution in [3.63, 3.8) is 0 Å². The Morgan fingerprint density at radius 2 is 1.85 bits per heavy atom. The standard InChI is InChI=1S/C17H26BrNO/c1-14(17(2,3)4)12-16(20)19(11-10-18)13-15-8-6-5-7-9-15/h5-9,14H,10-13H2,1-4H3. The largest absolute Gasteiger partial charge is 0.338 e. The Hall–Kier alpha value is -0.830. The summed E-state index contributed by atoms with van der Waals surface area (Å²) in [5.74, 6) is 0.624. The van der Waals surface area contributed by atoms with Crippen LogP contribution in [0.15, 0.2) is 30.3 Å². The second-order valence-corrected chi connectivity index (χ2v) is 7.25. The molecule has 112 valence electrons. The van der Waals surface area contributed by atoms with Crippen LogP contribution >= 0.6 is 15.9 Å². The van der Waals surface area contributed by atoms with Crippen LogP contribution in [0.3, 0.4) is 0 Å². The molecule has 2 nitrogen and oxygen atoms in total. The zero-order valence-corrected chi connectivity index (χ0v) is 14.6. The first kappa shape index (κ1) is 17.2. The fourth-order valence-corrected chi connectivity index (χ4v) is 2.32. The van der Waals surface area contributed by atoms with Crippen LogP contribution in [0.25, 0.3) is 0 Å². The molecule has 1 aromatic rings. The Balaban J connectivity index is 2.68. The lowest BCUT2D eigenvalue weighted by Gasteiger charge is -2.30. The predicted molar refractivity (Wildman–Crippen MR) is 88.9 cm³/mol. The molecule has 0 spiro atoms. The van der Waals surface area contributed by atoms with E-state index in [0.717, 1.165) is 11.9 Å². The predicted octanol–water partition coefficient (Wildman–Crippen LogP) is 4.48. The number of halogens is 1. The first-order chi connectivity index (χ1) is 9.34. The minimum Gasteiger partial charge on any atom is -0.338 e. The van der Waals surface area contributed by atoms with Crippen molar-refractivity contribution in [1.82, 2.24) is 4.90 Å². The van der Waals surface area contributed by atoms with E-state index in [1.165, 1.54) is 5.56 Å². The summed E-state index contributed by atoms with van der Waals surface area (Å²) >= 11 is 3.44. The average Bonchev–Trinajstić information content (AvgIpc) is 2.38. The van der Waals surface area contributed by atoms with E-state index in [4.69, 9.17) is 0 Å². The summed E-state index contributed by atoms with van der Waals surface area (Å²) in [4.78, 5) is 14.5. The number of carbonyl (C=O) groups is 1. The number of hydrogen-bond acceptors (Lipinski definition) is 1. The zero-order chi connectivity index (χ0) is 15.2. The van der Waals surface area contributed by atoms with Crippen molar-refractivity contribution in [2.75, 3.05) is 11.9 Å². The average molecular weight is 340 g/mol. The summed E-state index contributed by atoms with van der Waals surface area (Å²) in [6.45, 7) is 10.2. The highest BCUT2D eigenvalue weighted by atomic mass is 79.9. The summed E-state index contributed by atoms with van der Waals surface area (Å²) < 4.78 is 0. The SMILES string of the molecule is CC(CC(=O)N(CCBr)Cc1ccccc1)C(C)(C)C. The van der Waals surface area contributed by atoms with Gasteiger partial charge in [0.15, 0.2) is 0 Å². The van der Waals surface area contributed by atoms with Crippen LogP contribution in [0, 0.1) is 11.3 Å². The topological polar surface area (TPSA) is 20.3 Å². The highest BCUT2D eigenvalue weighted by Crippen LogP contribution is 2.28. The molecule has 0 saturated carbocycles. The van der Waals surface area contributed by atoms with Gasteiger partial charge in [0.25, 0.3) is 0 Å². The van der Waals surface area contributed by atoms with Gasteiger partial charge in [-0.25, -0.2) is 0 Å². The van der Waals surface area contributed by atoms with E-state index in [1.54, 1.807) is 0 Å². The van der Waals surface area contributed by atoms with Gasteiger partial charge in [-0.05, 0) is 16.9 Å². The van der Waals surface area contributed by atoms with Crippen molar-refractivity contribution in [2.45, 2.75) is 40.7 Å². The molecule has 1 amide bonds. The summed E-state index contributed by atoms with van der Waals surface area (Å²) in [7, 11) is 0. The van der Waals surface area contributed by atoms with Crippen molar-refractivity contribution in [3.8, 4) is 0 Å². The van der Waals surface area contributed by atoms with E-state index in [2.05, 4.69) is 55.8 Å². The van der Waals surface area contributed by atoms with Crippen LogP contribution in [-0.2, 0) is 11.3 Å². The monoisotopic (exact) mass is 339 g/mol. The number of rotatable bonds is 6. The summed E-state index contributed by atoms with van der Waals surface area (Å²) in [6.07, 6.45) is 0.614.